The summed E-state index contributed by atoms with van der Waals surface area (Å²) < 4.78 is 13.9. The van der Waals surface area contributed by atoms with E-state index in [4.69, 9.17) is 21.6 Å². The second kappa shape index (κ2) is 7.05. The Bertz CT molecular complexity index is 624. The fourth-order valence-corrected chi connectivity index (χ4v) is 2.31. The molecule has 0 saturated heterocycles. The molecule has 0 atom stereocenters. The van der Waals surface area contributed by atoms with E-state index in [1.807, 2.05) is 36.2 Å². The molecule has 0 heterocycles. The molecule has 3 nitrogen and oxygen atoms in total. The Morgan fingerprint density at radius 3 is 2.38 bits per heavy atom. The minimum absolute atomic E-state index is 0.144. The van der Waals surface area contributed by atoms with Crippen molar-refractivity contribution in [1.29, 1.82) is 0 Å². The van der Waals surface area contributed by atoms with Gasteiger partial charge in [0, 0.05) is 23.7 Å². The molecule has 0 unspecified atom stereocenters. The Balaban J connectivity index is 2.06. The Morgan fingerprint density at radius 1 is 1.10 bits per heavy atom. The van der Waals surface area contributed by atoms with Crippen LogP contribution in [-0.4, -0.2) is 29.1 Å². The van der Waals surface area contributed by atoms with Crippen molar-refractivity contribution in [3.63, 3.8) is 0 Å². The van der Waals surface area contributed by atoms with E-state index in [-0.39, 0.29) is 5.46 Å². The molecule has 0 spiro atoms. The van der Waals surface area contributed by atoms with Gasteiger partial charge in [0.1, 0.15) is 5.82 Å². The van der Waals surface area contributed by atoms with Crippen molar-refractivity contribution in [2.45, 2.75) is 13.1 Å². The lowest BCUT2D eigenvalue weighted by atomic mass is 9.80. The van der Waals surface area contributed by atoms with Gasteiger partial charge in [-0.3, -0.25) is 4.90 Å². The van der Waals surface area contributed by atoms with Gasteiger partial charge in [0.2, 0.25) is 0 Å². The topological polar surface area (TPSA) is 43.7 Å². The fraction of sp³-hybridized carbons (Fsp3) is 0.200. The van der Waals surface area contributed by atoms with Crippen LogP contribution in [0.25, 0.3) is 0 Å². The second-order valence-corrected chi connectivity index (χ2v) is 5.40. The van der Waals surface area contributed by atoms with Crippen molar-refractivity contribution in [3.8, 4) is 0 Å². The number of benzene rings is 2. The first-order chi connectivity index (χ1) is 9.97. The van der Waals surface area contributed by atoms with Crippen molar-refractivity contribution < 1.29 is 14.4 Å². The number of hydrogen-bond acceptors (Lipinski definition) is 3. The SMILES string of the molecule is CN(Cc1ccc(B(O)O)cc1F)Cc1ccccc1Cl. The molecule has 0 aliphatic heterocycles. The Hall–Kier alpha value is -1.40. The lowest BCUT2D eigenvalue weighted by Gasteiger charge is -2.18. The van der Waals surface area contributed by atoms with E-state index in [1.54, 1.807) is 6.07 Å². The molecule has 0 saturated carbocycles. The van der Waals surface area contributed by atoms with Crippen LogP contribution < -0.4 is 5.46 Å². The third kappa shape index (κ3) is 4.28. The van der Waals surface area contributed by atoms with Crippen molar-refractivity contribution in [3.05, 3.63) is 64.4 Å². The van der Waals surface area contributed by atoms with Gasteiger partial charge in [0.25, 0.3) is 0 Å². The summed E-state index contributed by atoms with van der Waals surface area (Å²) in [6.45, 7) is 1.00. The molecule has 0 aliphatic carbocycles. The highest BCUT2D eigenvalue weighted by Crippen LogP contribution is 2.18. The van der Waals surface area contributed by atoms with Crippen LogP contribution in [0.15, 0.2) is 42.5 Å². The van der Waals surface area contributed by atoms with Crippen molar-refractivity contribution in [1.82, 2.24) is 4.90 Å². The minimum atomic E-state index is -1.66. The maximum absolute atomic E-state index is 13.9. The van der Waals surface area contributed by atoms with E-state index in [9.17, 15) is 4.39 Å². The summed E-state index contributed by atoms with van der Waals surface area (Å²) in [5.41, 5.74) is 1.61. The molecule has 0 bridgehead atoms. The monoisotopic (exact) mass is 307 g/mol. The summed E-state index contributed by atoms with van der Waals surface area (Å²) in [5, 5.41) is 18.7. The maximum Gasteiger partial charge on any atom is 0.488 e. The zero-order chi connectivity index (χ0) is 15.4. The fourth-order valence-electron chi connectivity index (χ4n) is 2.12. The van der Waals surface area contributed by atoms with Gasteiger partial charge in [-0.05, 0) is 30.2 Å². The van der Waals surface area contributed by atoms with Gasteiger partial charge in [-0.1, -0.05) is 41.9 Å². The standard InChI is InChI=1S/C15H16BClFNO2/c1-19(9-11-4-2-3-5-14(11)17)10-12-6-7-13(16(20)21)8-15(12)18/h2-8,20-21H,9-10H2,1H3. The lowest BCUT2D eigenvalue weighted by Crippen LogP contribution is -2.30. The van der Waals surface area contributed by atoms with Crippen LogP contribution in [0.5, 0.6) is 0 Å². The Labute approximate surface area is 128 Å². The maximum atomic E-state index is 13.9. The summed E-state index contributed by atoms with van der Waals surface area (Å²) in [7, 11) is 0.215. The van der Waals surface area contributed by atoms with Crippen LogP contribution in [0.3, 0.4) is 0 Å². The highest BCUT2D eigenvalue weighted by molar-refractivity contribution is 6.58. The summed E-state index contributed by atoms with van der Waals surface area (Å²) in [5.74, 6) is -0.452. The third-order valence-corrected chi connectivity index (χ3v) is 3.58. The van der Waals surface area contributed by atoms with Crippen molar-refractivity contribution >= 4 is 24.2 Å². The van der Waals surface area contributed by atoms with Gasteiger partial charge < -0.3 is 10.0 Å². The van der Waals surface area contributed by atoms with Crippen LogP contribution >= 0.6 is 11.6 Å². The quantitative estimate of drug-likeness (QED) is 0.828. The number of rotatable bonds is 5. The van der Waals surface area contributed by atoms with E-state index >= 15 is 0 Å². The molecule has 2 aromatic rings. The van der Waals surface area contributed by atoms with Crippen molar-refractivity contribution in [2.24, 2.45) is 0 Å². The van der Waals surface area contributed by atoms with E-state index < -0.39 is 12.9 Å². The van der Waals surface area contributed by atoms with E-state index in [2.05, 4.69) is 0 Å². The molecule has 110 valence electrons. The van der Waals surface area contributed by atoms with Crippen molar-refractivity contribution in [2.75, 3.05) is 7.05 Å². The van der Waals surface area contributed by atoms with Gasteiger partial charge in [0.05, 0.1) is 0 Å². The molecule has 2 N–H and O–H groups in total. The third-order valence-electron chi connectivity index (χ3n) is 3.21. The Kier molecular flexibility index (Phi) is 5.36. The number of nitrogens with zero attached hydrogens (tertiary/aromatic N) is 1. The lowest BCUT2D eigenvalue weighted by molar-refractivity contribution is 0.313. The van der Waals surface area contributed by atoms with E-state index in [0.717, 1.165) is 11.6 Å². The Morgan fingerprint density at radius 2 is 1.76 bits per heavy atom. The van der Waals surface area contributed by atoms with Gasteiger partial charge >= 0.3 is 7.12 Å². The van der Waals surface area contributed by atoms with Crippen LogP contribution in [0.4, 0.5) is 4.39 Å². The first kappa shape index (κ1) is 16.0. The molecule has 0 aliphatic rings. The average molecular weight is 308 g/mol. The number of hydrogen-bond donors (Lipinski definition) is 2. The van der Waals surface area contributed by atoms with Crippen LogP contribution in [0.2, 0.25) is 5.02 Å². The zero-order valence-electron chi connectivity index (χ0n) is 11.6. The predicted octanol–water partition coefficient (Wildman–Crippen LogP) is 1.79. The molecule has 0 fully saturated rings. The van der Waals surface area contributed by atoms with Gasteiger partial charge in [-0.2, -0.15) is 0 Å². The zero-order valence-corrected chi connectivity index (χ0v) is 12.4. The minimum Gasteiger partial charge on any atom is -0.423 e. The first-order valence-corrected chi connectivity index (χ1v) is 6.91. The summed E-state index contributed by atoms with van der Waals surface area (Å²) in [4.78, 5) is 1.94. The van der Waals surface area contributed by atoms with Gasteiger partial charge in [-0.25, -0.2) is 4.39 Å². The van der Waals surface area contributed by atoms with E-state index in [1.165, 1.54) is 6.07 Å². The number of halogens is 2. The highest BCUT2D eigenvalue weighted by atomic mass is 35.5. The first-order valence-electron chi connectivity index (χ1n) is 6.54. The average Bonchev–Trinajstić information content (AvgIpc) is 2.43. The highest BCUT2D eigenvalue weighted by Gasteiger charge is 2.14. The molecule has 21 heavy (non-hydrogen) atoms. The summed E-state index contributed by atoms with van der Waals surface area (Å²) in [6.07, 6.45) is 0. The van der Waals surface area contributed by atoms with Gasteiger partial charge in [0.15, 0.2) is 0 Å². The summed E-state index contributed by atoms with van der Waals surface area (Å²) in [6, 6.07) is 11.7. The van der Waals surface area contributed by atoms with E-state index in [0.29, 0.717) is 23.7 Å². The molecule has 0 aromatic heterocycles. The predicted molar refractivity (Wildman–Crippen MR) is 82.8 cm³/mol. The summed E-state index contributed by atoms with van der Waals surface area (Å²) >= 11 is 6.10. The molecular weight excluding hydrogens is 291 g/mol. The molecule has 6 heteroatoms. The van der Waals surface area contributed by atoms with Gasteiger partial charge in [-0.15, -0.1) is 0 Å². The normalized spacial score (nSPS) is 11.0. The smallest absolute Gasteiger partial charge is 0.423 e. The van der Waals surface area contributed by atoms with Crippen LogP contribution in [-0.2, 0) is 13.1 Å². The van der Waals surface area contributed by atoms with Crippen LogP contribution in [0, 0.1) is 5.82 Å². The van der Waals surface area contributed by atoms with Crippen LogP contribution in [0.1, 0.15) is 11.1 Å². The molecule has 2 rings (SSSR count). The molecule has 0 amide bonds. The molecular formula is C15H16BClFNO2. The largest absolute Gasteiger partial charge is 0.488 e. The molecule has 0 radical (unpaired) electrons. The second-order valence-electron chi connectivity index (χ2n) is 4.99. The molecule has 2 aromatic carbocycles.